The molecule has 4 nitrogen and oxygen atoms in total. The molecule has 1 atom stereocenters. The molecular formula is C17H22F3NO3. The van der Waals surface area contributed by atoms with Gasteiger partial charge in [0.15, 0.2) is 6.10 Å². The third-order valence-electron chi connectivity index (χ3n) is 4.29. The molecule has 0 aromatic heterocycles. The number of ether oxygens (including phenoxy) is 1. The van der Waals surface area contributed by atoms with Gasteiger partial charge in [0.25, 0.3) is 5.91 Å². The van der Waals surface area contributed by atoms with Crippen LogP contribution in [-0.4, -0.2) is 42.0 Å². The van der Waals surface area contributed by atoms with Crippen LogP contribution in [0, 0.1) is 0 Å². The molecule has 1 aromatic rings. The fourth-order valence-corrected chi connectivity index (χ4v) is 2.78. The summed E-state index contributed by atoms with van der Waals surface area (Å²) in [5.74, 6) is -0.277. The third kappa shape index (κ3) is 4.48. The normalized spacial score (nSPS) is 18.2. The van der Waals surface area contributed by atoms with Crippen molar-refractivity contribution in [2.45, 2.75) is 50.4 Å². The molecule has 2 rings (SSSR count). The predicted octanol–water partition coefficient (Wildman–Crippen LogP) is 3.01. The van der Waals surface area contributed by atoms with Crippen molar-refractivity contribution in [1.82, 2.24) is 5.32 Å². The van der Waals surface area contributed by atoms with Crippen molar-refractivity contribution >= 4 is 5.91 Å². The summed E-state index contributed by atoms with van der Waals surface area (Å²) in [6.07, 6.45) is -5.62. The van der Waals surface area contributed by atoms with Crippen LogP contribution in [0.4, 0.5) is 13.2 Å². The number of rotatable bonds is 4. The molecule has 0 aliphatic carbocycles. The van der Waals surface area contributed by atoms with Gasteiger partial charge in [-0.2, -0.15) is 13.2 Å². The standard InChI is InChI=1S/C17H22F3NO3/c1-16(2,15(23)17(18,19)20)21-14(22)13-5-3-11(4-6-13)12-7-9-24-10-8-12/h3-6,12,15,23H,7-10H2,1-2H3,(H,21,22). The van der Waals surface area contributed by atoms with Crippen LogP contribution >= 0.6 is 0 Å². The lowest BCUT2D eigenvalue weighted by Crippen LogP contribution is -2.57. The van der Waals surface area contributed by atoms with Crippen LogP contribution in [-0.2, 0) is 4.74 Å². The molecule has 1 amide bonds. The highest BCUT2D eigenvalue weighted by Gasteiger charge is 2.48. The van der Waals surface area contributed by atoms with E-state index >= 15 is 0 Å². The summed E-state index contributed by atoms with van der Waals surface area (Å²) in [6.45, 7) is 3.69. The Morgan fingerprint density at radius 2 is 1.75 bits per heavy atom. The van der Waals surface area contributed by atoms with Crippen LogP contribution in [0.25, 0.3) is 0 Å². The van der Waals surface area contributed by atoms with E-state index in [1.165, 1.54) is 0 Å². The van der Waals surface area contributed by atoms with Crippen molar-refractivity contribution < 1.29 is 27.8 Å². The van der Waals surface area contributed by atoms with Crippen molar-refractivity contribution in [3.05, 3.63) is 35.4 Å². The van der Waals surface area contributed by atoms with Gasteiger partial charge in [-0.25, -0.2) is 0 Å². The first kappa shape index (κ1) is 18.7. The van der Waals surface area contributed by atoms with Crippen LogP contribution in [0.2, 0.25) is 0 Å². The van der Waals surface area contributed by atoms with Crippen molar-refractivity contribution in [1.29, 1.82) is 0 Å². The summed E-state index contributed by atoms with van der Waals surface area (Å²) in [5, 5.41) is 11.6. The Kier molecular flexibility index (Phi) is 5.55. The first-order valence-electron chi connectivity index (χ1n) is 7.86. The number of hydrogen-bond acceptors (Lipinski definition) is 3. The van der Waals surface area contributed by atoms with Gasteiger partial charge in [-0.3, -0.25) is 4.79 Å². The quantitative estimate of drug-likeness (QED) is 0.882. The number of aliphatic hydroxyl groups is 1. The molecule has 1 unspecified atom stereocenters. The van der Waals surface area contributed by atoms with Gasteiger partial charge in [0.1, 0.15) is 0 Å². The predicted molar refractivity (Wildman–Crippen MR) is 82.8 cm³/mol. The van der Waals surface area contributed by atoms with Crippen molar-refractivity contribution in [3.63, 3.8) is 0 Å². The Hall–Kier alpha value is -1.60. The highest BCUT2D eigenvalue weighted by Crippen LogP contribution is 2.29. The van der Waals surface area contributed by atoms with E-state index in [1.807, 2.05) is 12.1 Å². The van der Waals surface area contributed by atoms with E-state index in [0.717, 1.165) is 32.3 Å². The first-order chi connectivity index (χ1) is 11.1. The van der Waals surface area contributed by atoms with Gasteiger partial charge < -0.3 is 15.2 Å². The molecule has 0 bridgehead atoms. The van der Waals surface area contributed by atoms with Crippen LogP contribution in [0.5, 0.6) is 0 Å². The summed E-state index contributed by atoms with van der Waals surface area (Å²) >= 11 is 0. The maximum atomic E-state index is 12.6. The average Bonchev–Trinajstić information content (AvgIpc) is 2.54. The fraction of sp³-hybridized carbons (Fsp3) is 0.588. The molecule has 1 aliphatic heterocycles. The van der Waals surface area contributed by atoms with E-state index in [1.54, 1.807) is 12.1 Å². The van der Waals surface area contributed by atoms with Crippen molar-refractivity contribution in [2.24, 2.45) is 0 Å². The van der Waals surface area contributed by atoms with E-state index in [-0.39, 0.29) is 5.56 Å². The molecule has 1 fully saturated rings. The Balaban J connectivity index is 2.04. The molecule has 0 spiro atoms. The fourth-order valence-electron chi connectivity index (χ4n) is 2.78. The van der Waals surface area contributed by atoms with Crippen LogP contribution in [0.1, 0.15) is 48.5 Å². The lowest BCUT2D eigenvalue weighted by molar-refractivity contribution is -0.222. The van der Waals surface area contributed by atoms with Gasteiger partial charge in [-0.15, -0.1) is 0 Å². The molecule has 134 valence electrons. The van der Waals surface area contributed by atoms with E-state index in [9.17, 15) is 23.1 Å². The lowest BCUT2D eigenvalue weighted by Gasteiger charge is -2.32. The minimum Gasteiger partial charge on any atom is -0.382 e. The smallest absolute Gasteiger partial charge is 0.382 e. The second-order valence-corrected chi connectivity index (χ2v) is 6.63. The lowest BCUT2D eigenvalue weighted by atomic mass is 9.91. The maximum Gasteiger partial charge on any atom is 0.416 e. The molecule has 2 N–H and O–H groups in total. The summed E-state index contributed by atoms with van der Waals surface area (Å²) in [7, 11) is 0. The minimum absolute atomic E-state index is 0.258. The number of carbonyl (C=O) groups is 1. The molecule has 0 saturated carbocycles. The van der Waals surface area contributed by atoms with Crippen molar-refractivity contribution in [2.75, 3.05) is 13.2 Å². The second kappa shape index (κ2) is 7.11. The number of carbonyl (C=O) groups excluding carboxylic acids is 1. The zero-order valence-corrected chi connectivity index (χ0v) is 13.7. The summed E-state index contributed by atoms with van der Waals surface area (Å²) < 4.78 is 43.2. The largest absolute Gasteiger partial charge is 0.416 e. The molecule has 1 aliphatic rings. The molecule has 1 heterocycles. The molecule has 7 heteroatoms. The topological polar surface area (TPSA) is 58.6 Å². The molecular weight excluding hydrogens is 323 g/mol. The Morgan fingerprint density at radius 1 is 1.21 bits per heavy atom. The van der Waals surface area contributed by atoms with E-state index in [2.05, 4.69) is 5.32 Å². The number of alkyl halides is 3. The summed E-state index contributed by atoms with van der Waals surface area (Å²) in [5.41, 5.74) is -0.480. The second-order valence-electron chi connectivity index (χ2n) is 6.63. The maximum absolute atomic E-state index is 12.6. The zero-order valence-electron chi connectivity index (χ0n) is 13.7. The van der Waals surface area contributed by atoms with E-state index in [0.29, 0.717) is 19.1 Å². The summed E-state index contributed by atoms with van der Waals surface area (Å²) in [4.78, 5) is 12.2. The Labute approximate surface area is 139 Å². The van der Waals surface area contributed by atoms with E-state index < -0.39 is 23.7 Å². The van der Waals surface area contributed by atoms with Gasteiger partial charge in [0, 0.05) is 18.8 Å². The molecule has 24 heavy (non-hydrogen) atoms. The van der Waals surface area contributed by atoms with Gasteiger partial charge in [0.2, 0.25) is 0 Å². The zero-order chi connectivity index (χ0) is 18.0. The van der Waals surface area contributed by atoms with Gasteiger partial charge in [0.05, 0.1) is 5.54 Å². The number of hydrogen-bond donors (Lipinski definition) is 2. The number of halogens is 3. The van der Waals surface area contributed by atoms with Crippen molar-refractivity contribution in [3.8, 4) is 0 Å². The van der Waals surface area contributed by atoms with Gasteiger partial charge in [-0.05, 0) is 50.3 Å². The minimum atomic E-state index is -4.80. The molecule has 1 saturated heterocycles. The number of aliphatic hydroxyl groups excluding tert-OH is 1. The summed E-state index contributed by atoms with van der Waals surface area (Å²) in [6, 6.07) is 6.82. The molecule has 1 aromatic carbocycles. The Morgan fingerprint density at radius 3 is 2.25 bits per heavy atom. The number of benzene rings is 1. The number of amides is 1. The third-order valence-corrected chi connectivity index (χ3v) is 4.29. The average molecular weight is 345 g/mol. The Bertz CT molecular complexity index is 563. The monoisotopic (exact) mass is 345 g/mol. The van der Waals surface area contributed by atoms with Crippen LogP contribution in [0.3, 0.4) is 0 Å². The highest BCUT2D eigenvalue weighted by atomic mass is 19.4. The number of nitrogens with one attached hydrogen (secondary N) is 1. The van der Waals surface area contributed by atoms with Gasteiger partial charge >= 0.3 is 6.18 Å². The SMILES string of the molecule is CC(C)(NC(=O)c1ccc(C2CCOCC2)cc1)C(O)C(F)(F)F. The highest BCUT2D eigenvalue weighted by molar-refractivity contribution is 5.94. The van der Waals surface area contributed by atoms with Gasteiger partial charge in [-0.1, -0.05) is 12.1 Å². The van der Waals surface area contributed by atoms with Crippen LogP contribution in [0.15, 0.2) is 24.3 Å². The van der Waals surface area contributed by atoms with E-state index in [4.69, 9.17) is 4.74 Å². The molecule has 0 radical (unpaired) electrons. The van der Waals surface area contributed by atoms with Crippen LogP contribution < -0.4 is 5.32 Å². The first-order valence-corrected chi connectivity index (χ1v) is 7.86.